The van der Waals surface area contributed by atoms with Crippen LogP contribution in [0.3, 0.4) is 0 Å². The second-order valence-corrected chi connectivity index (χ2v) is 5.00. The third-order valence-corrected chi connectivity index (χ3v) is 3.81. The maximum Gasteiger partial charge on any atom is 0.0317 e. The van der Waals surface area contributed by atoms with Gasteiger partial charge in [0.25, 0.3) is 0 Å². The maximum atomic E-state index is 3.48. The van der Waals surface area contributed by atoms with Crippen molar-refractivity contribution >= 4 is 0 Å². The quantitative estimate of drug-likeness (QED) is 0.777. The van der Waals surface area contributed by atoms with Crippen LogP contribution in [0.2, 0.25) is 0 Å². The average molecular weight is 229 g/mol. The zero-order valence-electron chi connectivity index (χ0n) is 11.0. The lowest BCUT2D eigenvalue weighted by Gasteiger charge is -2.23. The Morgan fingerprint density at radius 3 is 2.71 bits per heavy atom. The minimum Gasteiger partial charge on any atom is -0.313 e. The van der Waals surface area contributed by atoms with Gasteiger partial charge in [-0.2, -0.15) is 0 Å². The number of hydrogen-bond donors (Lipinski definition) is 1. The molecule has 17 heavy (non-hydrogen) atoms. The van der Waals surface area contributed by atoms with Crippen LogP contribution in [-0.4, -0.2) is 13.1 Å². The molecule has 0 amide bonds. The lowest BCUT2D eigenvalue weighted by molar-refractivity contribution is 0.568. The number of rotatable bonds is 4. The summed E-state index contributed by atoms with van der Waals surface area (Å²) in [7, 11) is 2.08. The zero-order valence-corrected chi connectivity index (χ0v) is 11.0. The normalized spacial score (nSPS) is 17.6. The molecule has 0 aromatic heterocycles. The Bertz CT molecular complexity index is 392. The van der Waals surface area contributed by atoms with Crippen LogP contribution in [0.25, 0.3) is 0 Å². The molecule has 0 saturated heterocycles. The van der Waals surface area contributed by atoms with Crippen molar-refractivity contribution in [1.82, 2.24) is 5.32 Å². The van der Waals surface area contributed by atoms with E-state index in [-0.39, 0.29) is 0 Å². The number of hydrogen-bond acceptors (Lipinski definition) is 1. The van der Waals surface area contributed by atoms with E-state index in [0.29, 0.717) is 6.04 Å². The monoisotopic (exact) mass is 229 g/mol. The molecule has 0 spiro atoms. The van der Waals surface area contributed by atoms with Crippen molar-refractivity contribution in [3.8, 4) is 0 Å². The second kappa shape index (κ2) is 6.02. The smallest absolute Gasteiger partial charge is 0.0317 e. The van der Waals surface area contributed by atoms with Crippen molar-refractivity contribution in [3.05, 3.63) is 47.0 Å². The lowest BCUT2D eigenvalue weighted by Crippen LogP contribution is -2.30. The van der Waals surface area contributed by atoms with E-state index in [1.54, 1.807) is 5.57 Å². The van der Waals surface area contributed by atoms with E-state index in [0.717, 1.165) is 6.42 Å². The molecule has 1 aromatic carbocycles. The van der Waals surface area contributed by atoms with Crippen molar-refractivity contribution < 1.29 is 0 Å². The fraction of sp³-hybridized carbons (Fsp3) is 0.500. The molecule has 1 unspecified atom stereocenters. The summed E-state index contributed by atoms with van der Waals surface area (Å²) in [6.45, 7) is 2.21. The SMILES string of the molecule is CNC(Cc1ccccc1C)C1=CCCCC1. The maximum absolute atomic E-state index is 3.48. The van der Waals surface area contributed by atoms with Crippen LogP contribution in [-0.2, 0) is 6.42 Å². The molecule has 0 bridgehead atoms. The Labute approximate surface area is 105 Å². The van der Waals surface area contributed by atoms with Crippen molar-refractivity contribution in [1.29, 1.82) is 0 Å². The van der Waals surface area contributed by atoms with Gasteiger partial charge in [0.05, 0.1) is 0 Å². The van der Waals surface area contributed by atoms with Gasteiger partial charge in [0.15, 0.2) is 0 Å². The average Bonchev–Trinajstić information content (AvgIpc) is 2.39. The van der Waals surface area contributed by atoms with Gasteiger partial charge in [-0.15, -0.1) is 0 Å². The predicted molar refractivity (Wildman–Crippen MR) is 74.3 cm³/mol. The van der Waals surface area contributed by atoms with Crippen LogP contribution < -0.4 is 5.32 Å². The first-order valence-corrected chi connectivity index (χ1v) is 6.72. The molecule has 1 nitrogen and oxygen atoms in total. The van der Waals surface area contributed by atoms with E-state index in [1.165, 1.54) is 36.8 Å². The molecule has 1 heteroatoms. The molecular weight excluding hydrogens is 206 g/mol. The summed E-state index contributed by atoms with van der Waals surface area (Å²) < 4.78 is 0. The van der Waals surface area contributed by atoms with Gasteiger partial charge < -0.3 is 5.32 Å². The number of benzene rings is 1. The fourth-order valence-electron chi connectivity index (χ4n) is 2.66. The molecule has 0 saturated carbocycles. The molecule has 0 fully saturated rings. The van der Waals surface area contributed by atoms with Crippen LogP contribution in [0.4, 0.5) is 0 Å². The molecule has 0 heterocycles. The van der Waals surface area contributed by atoms with Gasteiger partial charge in [0.1, 0.15) is 0 Å². The van der Waals surface area contributed by atoms with E-state index in [9.17, 15) is 0 Å². The highest BCUT2D eigenvalue weighted by Gasteiger charge is 2.15. The number of likely N-dealkylation sites (N-methyl/N-ethyl adjacent to an activating group) is 1. The van der Waals surface area contributed by atoms with Gasteiger partial charge in [-0.25, -0.2) is 0 Å². The Balaban J connectivity index is 2.09. The van der Waals surface area contributed by atoms with E-state index in [4.69, 9.17) is 0 Å². The summed E-state index contributed by atoms with van der Waals surface area (Å²) >= 11 is 0. The Morgan fingerprint density at radius 2 is 2.06 bits per heavy atom. The second-order valence-electron chi connectivity index (χ2n) is 5.00. The first kappa shape index (κ1) is 12.4. The predicted octanol–water partition coefficient (Wildman–Crippen LogP) is 3.63. The summed E-state index contributed by atoms with van der Waals surface area (Å²) in [4.78, 5) is 0. The minimum atomic E-state index is 0.524. The number of aryl methyl sites for hydroxylation is 1. The van der Waals surface area contributed by atoms with Gasteiger partial charge in [-0.1, -0.05) is 35.9 Å². The number of allylic oxidation sites excluding steroid dienone is 1. The van der Waals surface area contributed by atoms with Crippen molar-refractivity contribution in [2.45, 2.75) is 45.1 Å². The lowest BCUT2D eigenvalue weighted by atomic mass is 9.89. The highest BCUT2D eigenvalue weighted by Crippen LogP contribution is 2.23. The first-order chi connectivity index (χ1) is 8.31. The number of nitrogens with one attached hydrogen (secondary N) is 1. The molecule has 1 aliphatic carbocycles. The molecule has 1 N–H and O–H groups in total. The zero-order chi connectivity index (χ0) is 12.1. The third kappa shape index (κ3) is 3.19. The van der Waals surface area contributed by atoms with Crippen LogP contribution >= 0.6 is 0 Å². The Morgan fingerprint density at radius 1 is 1.24 bits per heavy atom. The Hall–Kier alpha value is -1.08. The molecule has 1 aromatic rings. The molecule has 2 rings (SSSR count). The first-order valence-electron chi connectivity index (χ1n) is 6.72. The summed E-state index contributed by atoms with van der Waals surface area (Å²) in [6, 6.07) is 9.24. The summed E-state index contributed by atoms with van der Waals surface area (Å²) in [5.74, 6) is 0. The van der Waals surface area contributed by atoms with Gasteiger partial charge in [-0.3, -0.25) is 0 Å². The van der Waals surface area contributed by atoms with E-state index >= 15 is 0 Å². The van der Waals surface area contributed by atoms with Crippen LogP contribution in [0.1, 0.15) is 36.8 Å². The molecule has 0 radical (unpaired) electrons. The van der Waals surface area contributed by atoms with Crippen LogP contribution in [0.15, 0.2) is 35.9 Å². The van der Waals surface area contributed by atoms with Crippen LogP contribution in [0, 0.1) is 6.92 Å². The molecule has 0 aliphatic heterocycles. The van der Waals surface area contributed by atoms with Crippen molar-refractivity contribution in [3.63, 3.8) is 0 Å². The van der Waals surface area contributed by atoms with Gasteiger partial charge in [-0.05, 0) is 57.2 Å². The van der Waals surface area contributed by atoms with Gasteiger partial charge in [0, 0.05) is 6.04 Å². The van der Waals surface area contributed by atoms with Crippen LogP contribution in [0.5, 0.6) is 0 Å². The highest BCUT2D eigenvalue weighted by molar-refractivity contribution is 5.28. The van der Waals surface area contributed by atoms with Gasteiger partial charge in [0.2, 0.25) is 0 Å². The summed E-state index contributed by atoms with van der Waals surface area (Å²) in [5.41, 5.74) is 4.49. The molecular formula is C16H23N. The Kier molecular flexibility index (Phi) is 4.38. The molecule has 92 valence electrons. The molecule has 1 aliphatic rings. The van der Waals surface area contributed by atoms with Crippen molar-refractivity contribution in [2.75, 3.05) is 7.05 Å². The van der Waals surface area contributed by atoms with E-state index in [2.05, 4.69) is 49.6 Å². The topological polar surface area (TPSA) is 12.0 Å². The van der Waals surface area contributed by atoms with Crippen molar-refractivity contribution in [2.24, 2.45) is 0 Å². The summed E-state index contributed by atoms with van der Waals surface area (Å²) in [5, 5.41) is 3.48. The molecule has 1 atom stereocenters. The summed E-state index contributed by atoms with van der Waals surface area (Å²) in [6.07, 6.45) is 8.83. The minimum absolute atomic E-state index is 0.524. The van der Waals surface area contributed by atoms with E-state index in [1.807, 2.05) is 0 Å². The highest BCUT2D eigenvalue weighted by atomic mass is 14.9. The van der Waals surface area contributed by atoms with Gasteiger partial charge >= 0.3 is 0 Å². The third-order valence-electron chi connectivity index (χ3n) is 3.81. The fourth-order valence-corrected chi connectivity index (χ4v) is 2.66. The standard InChI is InChI=1S/C16H23N/c1-13-8-6-7-11-15(13)12-16(17-2)14-9-4-3-5-10-14/h6-9,11,16-17H,3-5,10,12H2,1-2H3. The van der Waals surface area contributed by atoms with E-state index < -0.39 is 0 Å². The largest absolute Gasteiger partial charge is 0.313 e.